The van der Waals surface area contributed by atoms with Gasteiger partial charge < -0.3 is 4.74 Å². The van der Waals surface area contributed by atoms with Gasteiger partial charge in [-0.15, -0.1) is 0 Å². The van der Waals surface area contributed by atoms with Gasteiger partial charge in [-0.2, -0.15) is 0 Å². The summed E-state index contributed by atoms with van der Waals surface area (Å²) in [7, 11) is 1.50. The maximum Gasteiger partial charge on any atom is 0.150 e. The molecule has 0 aliphatic rings. The fraction of sp³-hybridized carbons (Fsp3) is 0.227. The number of ether oxygens (including phenoxy) is 1. The fourth-order valence-corrected chi connectivity index (χ4v) is 2.84. The van der Waals surface area contributed by atoms with E-state index < -0.39 is 5.82 Å². The van der Waals surface area contributed by atoms with Crippen LogP contribution in [0.3, 0.4) is 0 Å². The zero-order valence-electron chi connectivity index (χ0n) is 15.4. The van der Waals surface area contributed by atoms with Crippen molar-refractivity contribution in [3.8, 4) is 28.3 Å². The lowest BCUT2D eigenvalue weighted by Gasteiger charge is -2.12. The summed E-state index contributed by atoms with van der Waals surface area (Å²) in [5.41, 5.74) is 3.66. The van der Waals surface area contributed by atoms with Gasteiger partial charge in [-0.05, 0) is 25.0 Å². The van der Waals surface area contributed by atoms with Crippen molar-refractivity contribution >= 4 is 6.29 Å². The van der Waals surface area contributed by atoms with Crippen LogP contribution in [0.4, 0.5) is 4.39 Å². The van der Waals surface area contributed by atoms with E-state index in [0.29, 0.717) is 28.3 Å². The van der Waals surface area contributed by atoms with Crippen molar-refractivity contribution in [1.29, 1.82) is 0 Å². The smallest absolute Gasteiger partial charge is 0.150 e. The van der Waals surface area contributed by atoms with Crippen LogP contribution < -0.4 is 4.74 Å². The summed E-state index contributed by atoms with van der Waals surface area (Å²) in [6.45, 7) is 2.12. The van der Waals surface area contributed by atoms with Crippen LogP contribution in [0.5, 0.6) is 5.75 Å². The molecule has 0 saturated heterocycles. The predicted octanol–water partition coefficient (Wildman–Crippen LogP) is 5.11. The molecule has 0 atom stereocenters. The molecule has 138 valence electrons. The number of aryl methyl sites for hydroxylation is 1. The van der Waals surface area contributed by atoms with Crippen molar-refractivity contribution in [3.05, 3.63) is 65.7 Å². The number of carbonyl (C=O) groups is 1. The minimum absolute atomic E-state index is 0.361. The van der Waals surface area contributed by atoms with E-state index in [1.54, 1.807) is 30.5 Å². The first-order chi connectivity index (χ1) is 13.2. The summed E-state index contributed by atoms with van der Waals surface area (Å²) in [6.07, 6.45) is 5.37. The summed E-state index contributed by atoms with van der Waals surface area (Å²) in [4.78, 5) is 20.2. The van der Waals surface area contributed by atoms with Crippen LogP contribution in [-0.4, -0.2) is 23.4 Å². The molecule has 0 aliphatic heterocycles. The second kappa shape index (κ2) is 8.54. The van der Waals surface area contributed by atoms with Gasteiger partial charge in [0.2, 0.25) is 0 Å². The minimum Gasteiger partial charge on any atom is -0.497 e. The molecule has 1 aromatic heterocycles. The first kappa shape index (κ1) is 18.7. The van der Waals surface area contributed by atoms with E-state index in [1.807, 2.05) is 12.1 Å². The summed E-state index contributed by atoms with van der Waals surface area (Å²) in [5.74, 6) is 0.0244. The highest BCUT2D eigenvalue weighted by Crippen LogP contribution is 2.32. The second-order valence-electron chi connectivity index (χ2n) is 6.25. The molecule has 0 aliphatic carbocycles. The number of benzene rings is 2. The highest BCUT2D eigenvalue weighted by Gasteiger charge is 2.16. The van der Waals surface area contributed by atoms with Crippen LogP contribution >= 0.6 is 0 Å². The van der Waals surface area contributed by atoms with Gasteiger partial charge >= 0.3 is 0 Å². The molecule has 0 bridgehead atoms. The number of halogens is 1. The topological polar surface area (TPSA) is 52.1 Å². The van der Waals surface area contributed by atoms with Gasteiger partial charge in [-0.25, -0.2) is 9.37 Å². The van der Waals surface area contributed by atoms with E-state index >= 15 is 0 Å². The largest absolute Gasteiger partial charge is 0.497 e. The van der Waals surface area contributed by atoms with Crippen LogP contribution in [0.2, 0.25) is 0 Å². The third-order valence-electron chi connectivity index (χ3n) is 4.36. The molecule has 0 fully saturated rings. The van der Waals surface area contributed by atoms with Gasteiger partial charge in [-0.1, -0.05) is 37.6 Å². The van der Waals surface area contributed by atoms with E-state index in [4.69, 9.17) is 9.72 Å². The molecule has 2 aromatic carbocycles. The van der Waals surface area contributed by atoms with Crippen LogP contribution in [0.25, 0.3) is 22.5 Å². The maximum atomic E-state index is 14.6. The number of aldehydes is 1. The molecule has 0 saturated carbocycles. The molecule has 0 spiro atoms. The summed E-state index contributed by atoms with van der Waals surface area (Å²) in [6, 6.07) is 11.7. The van der Waals surface area contributed by atoms with E-state index in [9.17, 15) is 9.18 Å². The molecule has 4 nitrogen and oxygen atoms in total. The number of hydrogen-bond donors (Lipinski definition) is 0. The number of hydrogen-bond acceptors (Lipinski definition) is 4. The summed E-state index contributed by atoms with van der Waals surface area (Å²) in [5, 5.41) is 0. The molecule has 0 N–H and O–H groups in total. The third kappa shape index (κ3) is 4.19. The summed E-state index contributed by atoms with van der Waals surface area (Å²) < 4.78 is 19.7. The van der Waals surface area contributed by atoms with E-state index in [2.05, 4.69) is 11.9 Å². The highest BCUT2D eigenvalue weighted by atomic mass is 19.1. The SMILES string of the molecule is CCCCc1cnc(-c2ccc(OC)cc2F)c(-c2ccc(C=O)cc2)n1. The van der Waals surface area contributed by atoms with E-state index in [1.165, 1.54) is 13.2 Å². The molecule has 0 unspecified atom stereocenters. The first-order valence-electron chi connectivity index (χ1n) is 8.91. The Labute approximate surface area is 158 Å². The number of unbranched alkanes of at least 4 members (excludes halogenated alkanes) is 1. The Morgan fingerprint density at radius 3 is 2.52 bits per heavy atom. The quantitative estimate of drug-likeness (QED) is 0.547. The maximum absolute atomic E-state index is 14.6. The Morgan fingerprint density at radius 1 is 1.11 bits per heavy atom. The van der Waals surface area contributed by atoms with Gasteiger partial charge in [0.25, 0.3) is 0 Å². The van der Waals surface area contributed by atoms with Crippen LogP contribution in [0.15, 0.2) is 48.7 Å². The van der Waals surface area contributed by atoms with Gasteiger partial charge in [0.15, 0.2) is 0 Å². The molecular weight excluding hydrogens is 343 g/mol. The number of rotatable bonds is 7. The van der Waals surface area contributed by atoms with Gasteiger partial charge in [0.05, 0.1) is 24.2 Å². The van der Waals surface area contributed by atoms with Crippen LogP contribution in [0.1, 0.15) is 35.8 Å². The predicted molar refractivity (Wildman–Crippen MR) is 103 cm³/mol. The Hall–Kier alpha value is -3.08. The summed E-state index contributed by atoms with van der Waals surface area (Å²) >= 11 is 0. The number of nitrogens with zero attached hydrogens (tertiary/aromatic N) is 2. The zero-order valence-corrected chi connectivity index (χ0v) is 15.4. The van der Waals surface area contributed by atoms with Crippen molar-refractivity contribution < 1.29 is 13.9 Å². The van der Waals surface area contributed by atoms with Crippen LogP contribution in [-0.2, 0) is 6.42 Å². The van der Waals surface area contributed by atoms with Crippen LogP contribution in [0, 0.1) is 5.82 Å². The van der Waals surface area contributed by atoms with Gasteiger partial charge in [0.1, 0.15) is 17.9 Å². The van der Waals surface area contributed by atoms with Gasteiger partial charge in [0, 0.05) is 29.0 Å². The fourth-order valence-electron chi connectivity index (χ4n) is 2.84. The van der Waals surface area contributed by atoms with Crippen molar-refractivity contribution in [2.75, 3.05) is 7.11 Å². The molecular formula is C22H21FN2O2. The average molecular weight is 364 g/mol. The molecule has 27 heavy (non-hydrogen) atoms. The van der Waals surface area contributed by atoms with E-state index in [0.717, 1.165) is 36.8 Å². The van der Waals surface area contributed by atoms with Crippen molar-refractivity contribution in [2.45, 2.75) is 26.2 Å². The Balaban J connectivity index is 2.13. The van der Waals surface area contributed by atoms with E-state index in [-0.39, 0.29) is 0 Å². The first-order valence-corrected chi connectivity index (χ1v) is 8.91. The van der Waals surface area contributed by atoms with Crippen molar-refractivity contribution in [3.63, 3.8) is 0 Å². The lowest BCUT2D eigenvalue weighted by molar-refractivity contribution is 0.112. The highest BCUT2D eigenvalue weighted by molar-refractivity contribution is 5.81. The normalized spacial score (nSPS) is 10.6. The number of carbonyl (C=O) groups excluding carboxylic acids is 1. The molecule has 3 aromatic rings. The molecule has 5 heteroatoms. The minimum atomic E-state index is -0.421. The Bertz CT molecular complexity index is 940. The van der Waals surface area contributed by atoms with Gasteiger partial charge in [-0.3, -0.25) is 9.78 Å². The Kier molecular flexibility index (Phi) is 5.91. The zero-order chi connectivity index (χ0) is 19.2. The number of methoxy groups -OCH3 is 1. The number of aromatic nitrogens is 2. The van der Waals surface area contributed by atoms with Crippen molar-refractivity contribution in [2.24, 2.45) is 0 Å². The molecule has 1 heterocycles. The average Bonchev–Trinajstić information content (AvgIpc) is 2.72. The lowest BCUT2D eigenvalue weighted by atomic mass is 10.0. The molecule has 0 amide bonds. The standard InChI is InChI=1S/C22H21FN2O2/c1-3-4-5-17-13-24-22(19-11-10-18(27-2)12-20(19)23)21(25-17)16-8-6-15(14-26)7-9-16/h6-14H,3-5H2,1-2H3. The lowest BCUT2D eigenvalue weighted by Crippen LogP contribution is -2.00. The third-order valence-corrected chi connectivity index (χ3v) is 4.36. The molecule has 3 rings (SSSR count). The molecule has 0 radical (unpaired) electrons. The van der Waals surface area contributed by atoms with Crippen molar-refractivity contribution in [1.82, 2.24) is 9.97 Å². The monoisotopic (exact) mass is 364 g/mol. The second-order valence-corrected chi connectivity index (χ2v) is 6.25. The Morgan fingerprint density at radius 2 is 1.89 bits per heavy atom.